The molecule has 1 aromatic rings. The van der Waals surface area contributed by atoms with Crippen LogP contribution in [0.4, 0.5) is 14.5 Å². The van der Waals surface area contributed by atoms with Crippen LogP contribution in [0.5, 0.6) is 0 Å². The summed E-state index contributed by atoms with van der Waals surface area (Å²) in [4.78, 5) is 23.0. The van der Waals surface area contributed by atoms with Crippen molar-refractivity contribution in [2.24, 2.45) is 11.1 Å². The lowest BCUT2D eigenvalue weighted by molar-refractivity contribution is -0.125. The van der Waals surface area contributed by atoms with Crippen LogP contribution in [-0.4, -0.2) is 24.9 Å². The molecule has 0 fully saturated rings. The minimum absolute atomic E-state index is 0.0284. The fraction of sp³-hybridized carbons (Fsp3) is 0.429. The highest BCUT2D eigenvalue weighted by molar-refractivity contribution is 5.95. The van der Waals surface area contributed by atoms with Crippen LogP contribution in [0.3, 0.4) is 0 Å². The van der Waals surface area contributed by atoms with E-state index in [1.165, 1.54) is 0 Å². The highest BCUT2D eigenvalue weighted by Crippen LogP contribution is 2.21. The maximum Gasteiger partial charge on any atom is 0.251 e. The number of carbonyl (C=O) groups is 2. The standard InChI is InChI=1S/C14H19F2N3O2/c1-4-18-11-9(15)5-8(6-10(11)16)12(20)19-7-14(2,3)13(17)21/h5-6,18H,4,7H2,1-3H3,(H2,17,21)(H,19,20). The van der Waals surface area contributed by atoms with E-state index in [1.807, 2.05) is 0 Å². The number of carbonyl (C=O) groups excluding carboxylic acids is 2. The van der Waals surface area contributed by atoms with Crippen LogP contribution in [0.15, 0.2) is 12.1 Å². The zero-order valence-corrected chi connectivity index (χ0v) is 12.2. The molecule has 0 aliphatic heterocycles. The zero-order valence-electron chi connectivity index (χ0n) is 12.2. The maximum absolute atomic E-state index is 13.7. The van der Waals surface area contributed by atoms with Gasteiger partial charge >= 0.3 is 0 Å². The van der Waals surface area contributed by atoms with E-state index in [-0.39, 0.29) is 17.8 Å². The quantitative estimate of drug-likeness (QED) is 0.746. The molecular formula is C14H19F2N3O2. The Bertz CT molecular complexity index is 536. The summed E-state index contributed by atoms with van der Waals surface area (Å²) >= 11 is 0. The summed E-state index contributed by atoms with van der Waals surface area (Å²) in [6.45, 7) is 5.15. The van der Waals surface area contributed by atoms with Gasteiger partial charge in [-0.1, -0.05) is 0 Å². The van der Waals surface area contributed by atoms with Crippen LogP contribution >= 0.6 is 0 Å². The number of nitrogens with one attached hydrogen (secondary N) is 2. The lowest BCUT2D eigenvalue weighted by Crippen LogP contribution is -2.42. The van der Waals surface area contributed by atoms with Crippen LogP contribution in [0.1, 0.15) is 31.1 Å². The predicted molar refractivity (Wildman–Crippen MR) is 75.8 cm³/mol. The fourth-order valence-electron chi connectivity index (χ4n) is 1.54. The Kier molecular flexibility index (Phi) is 5.23. The molecule has 0 bridgehead atoms. The van der Waals surface area contributed by atoms with E-state index in [0.717, 1.165) is 12.1 Å². The molecule has 4 N–H and O–H groups in total. The van der Waals surface area contributed by atoms with Gasteiger partial charge in [0.15, 0.2) is 0 Å². The van der Waals surface area contributed by atoms with Crippen LogP contribution in [-0.2, 0) is 4.79 Å². The molecule has 0 aromatic heterocycles. The van der Waals surface area contributed by atoms with Gasteiger partial charge in [-0.15, -0.1) is 0 Å². The summed E-state index contributed by atoms with van der Waals surface area (Å²) in [6.07, 6.45) is 0. The summed E-state index contributed by atoms with van der Waals surface area (Å²) in [6, 6.07) is 1.88. The topological polar surface area (TPSA) is 84.2 Å². The molecule has 0 saturated heterocycles. The van der Waals surface area contributed by atoms with E-state index >= 15 is 0 Å². The number of benzene rings is 1. The van der Waals surface area contributed by atoms with Gasteiger partial charge in [-0.25, -0.2) is 8.78 Å². The lowest BCUT2D eigenvalue weighted by atomic mass is 9.92. The number of hydrogen-bond donors (Lipinski definition) is 3. The van der Waals surface area contributed by atoms with Crippen molar-refractivity contribution in [1.29, 1.82) is 0 Å². The Morgan fingerprint density at radius 2 is 1.76 bits per heavy atom. The van der Waals surface area contributed by atoms with Crippen molar-refractivity contribution in [2.75, 3.05) is 18.4 Å². The third-order valence-electron chi connectivity index (χ3n) is 3.02. The lowest BCUT2D eigenvalue weighted by Gasteiger charge is -2.20. The minimum atomic E-state index is -0.948. The number of hydrogen-bond acceptors (Lipinski definition) is 3. The van der Waals surface area contributed by atoms with E-state index < -0.39 is 28.9 Å². The molecule has 0 spiro atoms. The normalized spacial score (nSPS) is 11.1. The van der Waals surface area contributed by atoms with Crippen LogP contribution < -0.4 is 16.4 Å². The molecule has 1 rings (SSSR count). The first-order valence-corrected chi connectivity index (χ1v) is 6.50. The summed E-state index contributed by atoms with van der Waals surface area (Å²) in [5.41, 5.74) is 3.80. The van der Waals surface area contributed by atoms with Gasteiger partial charge in [0.1, 0.15) is 17.3 Å². The second kappa shape index (κ2) is 6.51. The molecule has 7 heteroatoms. The van der Waals surface area contributed by atoms with Crippen molar-refractivity contribution >= 4 is 17.5 Å². The first-order valence-electron chi connectivity index (χ1n) is 6.50. The average Bonchev–Trinajstić information content (AvgIpc) is 2.39. The first kappa shape index (κ1) is 16.9. The average molecular weight is 299 g/mol. The molecule has 2 amide bonds. The van der Waals surface area contributed by atoms with Gasteiger partial charge in [0, 0.05) is 18.7 Å². The second-order valence-electron chi connectivity index (χ2n) is 5.28. The van der Waals surface area contributed by atoms with Crippen molar-refractivity contribution in [3.63, 3.8) is 0 Å². The maximum atomic E-state index is 13.7. The molecule has 0 radical (unpaired) electrons. The van der Waals surface area contributed by atoms with E-state index in [1.54, 1.807) is 20.8 Å². The number of rotatable bonds is 6. The number of nitrogens with two attached hydrogens (primary N) is 1. The monoisotopic (exact) mass is 299 g/mol. The van der Waals surface area contributed by atoms with Crippen molar-refractivity contribution in [3.8, 4) is 0 Å². The highest BCUT2D eigenvalue weighted by atomic mass is 19.1. The van der Waals surface area contributed by atoms with Crippen molar-refractivity contribution < 1.29 is 18.4 Å². The fourth-order valence-corrected chi connectivity index (χ4v) is 1.54. The van der Waals surface area contributed by atoms with Crippen molar-refractivity contribution in [3.05, 3.63) is 29.3 Å². The molecule has 0 aliphatic carbocycles. The van der Waals surface area contributed by atoms with Crippen LogP contribution in [0.2, 0.25) is 0 Å². The number of amides is 2. The number of halogens is 2. The van der Waals surface area contributed by atoms with Gasteiger partial charge in [-0.3, -0.25) is 9.59 Å². The first-order chi connectivity index (χ1) is 9.69. The summed E-state index contributed by atoms with van der Waals surface area (Å²) in [5.74, 6) is -2.96. The molecule has 0 aliphatic rings. The van der Waals surface area contributed by atoms with Gasteiger partial charge in [-0.2, -0.15) is 0 Å². The Morgan fingerprint density at radius 1 is 1.24 bits per heavy atom. The third kappa shape index (κ3) is 4.14. The molecule has 0 atom stereocenters. The predicted octanol–water partition coefficient (Wildman–Crippen LogP) is 1.64. The minimum Gasteiger partial charge on any atom is -0.381 e. The number of primary amides is 1. The SMILES string of the molecule is CCNc1c(F)cc(C(=O)NCC(C)(C)C(N)=O)cc1F. The van der Waals surface area contributed by atoms with E-state index in [0.29, 0.717) is 6.54 Å². The van der Waals surface area contributed by atoms with E-state index in [2.05, 4.69) is 10.6 Å². The highest BCUT2D eigenvalue weighted by Gasteiger charge is 2.26. The van der Waals surface area contributed by atoms with Crippen molar-refractivity contribution in [1.82, 2.24) is 5.32 Å². The smallest absolute Gasteiger partial charge is 0.251 e. The summed E-state index contributed by atoms with van der Waals surface area (Å²) in [5, 5.41) is 4.97. The van der Waals surface area contributed by atoms with Gasteiger partial charge in [-0.05, 0) is 32.9 Å². The molecule has 0 heterocycles. The molecule has 0 unspecified atom stereocenters. The second-order valence-corrected chi connectivity index (χ2v) is 5.28. The molecule has 1 aromatic carbocycles. The Hall–Kier alpha value is -2.18. The molecule has 0 saturated carbocycles. The summed E-state index contributed by atoms with van der Waals surface area (Å²) < 4.78 is 27.4. The Balaban J connectivity index is 2.87. The van der Waals surface area contributed by atoms with Crippen molar-refractivity contribution in [2.45, 2.75) is 20.8 Å². The van der Waals surface area contributed by atoms with Crippen LogP contribution in [0, 0.1) is 17.0 Å². The summed E-state index contributed by atoms with van der Waals surface area (Å²) in [7, 11) is 0. The van der Waals surface area contributed by atoms with Gasteiger partial charge in [0.05, 0.1) is 5.41 Å². The van der Waals surface area contributed by atoms with Crippen LogP contribution in [0.25, 0.3) is 0 Å². The third-order valence-corrected chi connectivity index (χ3v) is 3.02. The number of anilines is 1. The Labute approximate surface area is 121 Å². The van der Waals surface area contributed by atoms with Gasteiger partial charge in [0.2, 0.25) is 5.91 Å². The van der Waals surface area contributed by atoms with E-state index in [4.69, 9.17) is 5.73 Å². The van der Waals surface area contributed by atoms with E-state index in [9.17, 15) is 18.4 Å². The molecular weight excluding hydrogens is 280 g/mol. The van der Waals surface area contributed by atoms with Gasteiger partial charge in [0.25, 0.3) is 5.91 Å². The molecule has 21 heavy (non-hydrogen) atoms. The van der Waals surface area contributed by atoms with Gasteiger partial charge < -0.3 is 16.4 Å². The molecule has 5 nitrogen and oxygen atoms in total. The zero-order chi connectivity index (χ0) is 16.2. The Morgan fingerprint density at radius 3 is 2.19 bits per heavy atom. The largest absolute Gasteiger partial charge is 0.381 e. The molecule has 116 valence electrons.